The van der Waals surface area contributed by atoms with Gasteiger partial charge in [-0.1, -0.05) is 33.1 Å². The molecule has 2 aliphatic rings. The van der Waals surface area contributed by atoms with Crippen LogP contribution in [0.2, 0.25) is 0 Å². The molecule has 1 aliphatic carbocycles. The van der Waals surface area contributed by atoms with E-state index in [9.17, 15) is 9.59 Å². The minimum atomic E-state index is -0.298. The van der Waals surface area contributed by atoms with E-state index < -0.39 is 0 Å². The Morgan fingerprint density at radius 2 is 1.68 bits per heavy atom. The molecule has 0 bridgehead atoms. The van der Waals surface area contributed by atoms with Crippen LogP contribution in [0.3, 0.4) is 0 Å². The lowest BCUT2D eigenvalue weighted by atomic mass is 9.80. The van der Waals surface area contributed by atoms with Crippen LogP contribution in [-0.2, 0) is 9.59 Å². The van der Waals surface area contributed by atoms with E-state index in [4.69, 9.17) is 0 Å². The molecule has 0 aromatic carbocycles. The van der Waals surface area contributed by atoms with Crippen molar-refractivity contribution in [2.75, 3.05) is 13.1 Å². The number of carbonyl (C=O) groups excluding carboxylic acids is 2. The van der Waals surface area contributed by atoms with Gasteiger partial charge < -0.3 is 10.2 Å². The van der Waals surface area contributed by atoms with E-state index in [1.807, 2.05) is 6.92 Å². The van der Waals surface area contributed by atoms with Crippen molar-refractivity contribution >= 4 is 11.8 Å². The fraction of sp³-hybridized carbons (Fsp3) is 0.867. The standard InChI is InChI=1S/C15H26N2O2/c1-3-11-5-7-12(8-6-11)9-17-10-14(18)16-13(4-2)15(17)19/h11-13H,3-10H2,1-2H3,(H,16,18). The predicted octanol–water partition coefficient (Wildman–Crippen LogP) is 1.94. The molecule has 1 heterocycles. The van der Waals surface area contributed by atoms with Crippen molar-refractivity contribution in [1.82, 2.24) is 10.2 Å². The monoisotopic (exact) mass is 266 g/mol. The molecule has 0 aromatic rings. The molecule has 1 atom stereocenters. The zero-order valence-corrected chi connectivity index (χ0v) is 12.2. The van der Waals surface area contributed by atoms with Crippen molar-refractivity contribution < 1.29 is 9.59 Å². The van der Waals surface area contributed by atoms with Gasteiger partial charge >= 0.3 is 0 Å². The number of hydrogen-bond donors (Lipinski definition) is 1. The van der Waals surface area contributed by atoms with Gasteiger partial charge in [-0.15, -0.1) is 0 Å². The molecule has 0 aromatic heterocycles. The number of carbonyl (C=O) groups is 2. The molecule has 2 amide bonds. The Bertz CT molecular complexity index is 335. The van der Waals surface area contributed by atoms with Gasteiger partial charge in [0.2, 0.25) is 11.8 Å². The normalized spacial score (nSPS) is 32.3. The summed E-state index contributed by atoms with van der Waals surface area (Å²) in [7, 11) is 0. The first-order valence-electron chi connectivity index (χ1n) is 7.72. The molecule has 1 N–H and O–H groups in total. The lowest BCUT2D eigenvalue weighted by Gasteiger charge is -2.36. The van der Waals surface area contributed by atoms with Crippen LogP contribution in [0, 0.1) is 11.8 Å². The highest BCUT2D eigenvalue weighted by Crippen LogP contribution is 2.31. The summed E-state index contributed by atoms with van der Waals surface area (Å²) in [5.74, 6) is 1.57. The molecule has 2 rings (SSSR count). The summed E-state index contributed by atoms with van der Waals surface area (Å²) in [4.78, 5) is 25.6. The highest BCUT2D eigenvalue weighted by molar-refractivity contribution is 5.94. The largest absolute Gasteiger partial charge is 0.343 e. The molecule has 4 nitrogen and oxygen atoms in total. The molecule has 2 fully saturated rings. The minimum absolute atomic E-state index is 0.00584. The van der Waals surface area contributed by atoms with Crippen molar-refractivity contribution in [3.05, 3.63) is 0 Å². The van der Waals surface area contributed by atoms with Gasteiger partial charge in [-0.25, -0.2) is 0 Å². The summed E-state index contributed by atoms with van der Waals surface area (Å²) < 4.78 is 0. The zero-order valence-electron chi connectivity index (χ0n) is 12.2. The Morgan fingerprint density at radius 1 is 1.05 bits per heavy atom. The molecule has 1 saturated heterocycles. The molecule has 19 heavy (non-hydrogen) atoms. The second kappa shape index (κ2) is 6.40. The first-order valence-corrected chi connectivity index (χ1v) is 7.72. The van der Waals surface area contributed by atoms with Gasteiger partial charge in [0, 0.05) is 6.54 Å². The Balaban J connectivity index is 1.87. The van der Waals surface area contributed by atoms with Crippen LogP contribution < -0.4 is 5.32 Å². The summed E-state index contributed by atoms with van der Waals surface area (Å²) in [5.41, 5.74) is 0. The molecular weight excluding hydrogens is 240 g/mol. The van der Waals surface area contributed by atoms with Gasteiger partial charge in [-0.3, -0.25) is 9.59 Å². The summed E-state index contributed by atoms with van der Waals surface area (Å²) >= 11 is 0. The third-order valence-corrected chi connectivity index (χ3v) is 4.71. The van der Waals surface area contributed by atoms with E-state index in [1.165, 1.54) is 32.1 Å². The third-order valence-electron chi connectivity index (χ3n) is 4.71. The van der Waals surface area contributed by atoms with E-state index in [0.717, 1.165) is 12.5 Å². The predicted molar refractivity (Wildman–Crippen MR) is 74.5 cm³/mol. The molecule has 1 unspecified atom stereocenters. The highest BCUT2D eigenvalue weighted by Gasteiger charge is 2.33. The van der Waals surface area contributed by atoms with Crippen LogP contribution in [0.5, 0.6) is 0 Å². The minimum Gasteiger partial charge on any atom is -0.343 e. The number of amides is 2. The number of rotatable bonds is 4. The van der Waals surface area contributed by atoms with E-state index in [1.54, 1.807) is 4.90 Å². The van der Waals surface area contributed by atoms with Gasteiger partial charge in [-0.05, 0) is 31.1 Å². The Labute approximate surface area is 115 Å². The number of nitrogens with one attached hydrogen (secondary N) is 1. The van der Waals surface area contributed by atoms with E-state index >= 15 is 0 Å². The van der Waals surface area contributed by atoms with Gasteiger partial charge in [0.15, 0.2) is 0 Å². The van der Waals surface area contributed by atoms with Crippen molar-refractivity contribution in [3.63, 3.8) is 0 Å². The third kappa shape index (κ3) is 3.48. The Kier molecular flexibility index (Phi) is 4.83. The second-order valence-electron chi connectivity index (χ2n) is 6.04. The van der Waals surface area contributed by atoms with Crippen LogP contribution in [-0.4, -0.2) is 35.8 Å². The number of hydrogen-bond acceptors (Lipinski definition) is 2. The maximum atomic E-state index is 12.2. The molecular formula is C15H26N2O2. The summed E-state index contributed by atoms with van der Waals surface area (Å²) in [6, 6.07) is -0.298. The number of piperazine rings is 1. The van der Waals surface area contributed by atoms with E-state index in [0.29, 0.717) is 12.3 Å². The average molecular weight is 266 g/mol. The molecule has 108 valence electrons. The average Bonchev–Trinajstić information content (AvgIpc) is 2.43. The summed E-state index contributed by atoms with van der Waals surface area (Å²) in [5, 5.41) is 2.77. The number of nitrogens with zero attached hydrogens (tertiary/aromatic N) is 1. The maximum absolute atomic E-state index is 12.2. The van der Waals surface area contributed by atoms with Crippen LogP contribution in [0.25, 0.3) is 0 Å². The van der Waals surface area contributed by atoms with Gasteiger partial charge in [-0.2, -0.15) is 0 Å². The lowest BCUT2D eigenvalue weighted by molar-refractivity contribution is -0.145. The zero-order chi connectivity index (χ0) is 13.8. The first kappa shape index (κ1) is 14.4. The van der Waals surface area contributed by atoms with Gasteiger partial charge in [0.1, 0.15) is 6.04 Å². The summed E-state index contributed by atoms with van der Waals surface area (Å²) in [6.45, 7) is 5.23. The fourth-order valence-corrected chi connectivity index (χ4v) is 3.34. The Morgan fingerprint density at radius 3 is 2.26 bits per heavy atom. The van der Waals surface area contributed by atoms with E-state index in [-0.39, 0.29) is 24.4 Å². The fourth-order valence-electron chi connectivity index (χ4n) is 3.34. The second-order valence-corrected chi connectivity index (χ2v) is 6.04. The smallest absolute Gasteiger partial charge is 0.245 e. The van der Waals surface area contributed by atoms with Crippen LogP contribution in [0.1, 0.15) is 52.4 Å². The van der Waals surface area contributed by atoms with Gasteiger partial charge in [0.05, 0.1) is 6.54 Å². The van der Waals surface area contributed by atoms with Crippen LogP contribution >= 0.6 is 0 Å². The molecule has 0 radical (unpaired) electrons. The van der Waals surface area contributed by atoms with Crippen LogP contribution in [0.4, 0.5) is 0 Å². The van der Waals surface area contributed by atoms with Crippen LogP contribution in [0.15, 0.2) is 0 Å². The molecule has 0 spiro atoms. The molecule has 1 aliphatic heterocycles. The summed E-state index contributed by atoms with van der Waals surface area (Å²) in [6.07, 6.45) is 6.94. The quantitative estimate of drug-likeness (QED) is 0.845. The highest BCUT2D eigenvalue weighted by atomic mass is 16.2. The van der Waals surface area contributed by atoms with E-state index in [2.05, 4.69) is 12.2 Å². The van der Waals surface area contributed by atoms with Crippen molar-refractivity contribution in [1.29, 1.82) is 0 Å². The lowest BCUT2D eigenvalue weighted by Crippen LogP contribution is -2.58. The van der Waals surface area contributed by atoms with Crippen molar-refractivity contribution in [3.8, 4) is 0 Å². The maximum Gasteiger partial charge on any atom is 0.245 e. The van der Waals surface area contributed by atoms with Gasteiger partial charge in [0.25, 0.3) is 0 Å². The SMILES string of the molecule is CCC1CCC(CN2CC(=O)NC(CC)C2=O)CC1. The topological polar surface area (TPSA) is 49.4 Å². The van der Waals surface area contributed by atoms with Crippen molar-refractivity contribution in [2.24, 2.45) is 11.8 Å². The Hall–Kier alpha value is -1.06. The van der Waals surface area contributed by atoms with Crippen molar-refractivity contribution in [2.45, 2.75) is 58.4 Å². The molecule has 4 heteroatoms. The molecule has 1 saturated carbocycles. The first-order chi connectivity index (χ1) is 9.13.